The van der Waals surface area contributed by atoms with E-state index >= 15 is 0 Å². The van der Waals surface area contributed by atoms with Crippen LogP contribution in [0.2, 0.25) is 5.15 Å². The number of nitrogens with zero attached hydrogens (tertiary/aromatic N) is 2. The van der Waals surface area contributed by atoms with E-state index in [0.29, 0.717) is 23.7 Å². The van der Waals surface area contributed by atoms with E-state index in [1.165, 1.54) is 0 Å². The first-order valence-corrected chi connectivity index (χ1v) is 7.18. The molecule has 0 unspecified atom stereocenters. The van der Waals surface area contributed by atoms with Crippen LogP contribution < -0.4 is 5.32 Å². The van der Waals surface area contributed by atoms with E-state index in [0.717, 1.165) is 11.5 Å². The molecule has 112 valence electrons. The average Bonchev–Trinajstić information content (AvgIpc) is 2.90. The molecule has 2 aromatic rings. The van der Waals surface area contributed by atoms with Gasteiger partial charge >= 0.3 is 0 Å². The van der Waals surface area contributed by atoms with E-state index in [-0.39, 0.29) is 11.3 Å². The Kier molecular flexibility index (Phi) is 4.63. The molecule has 2 N–H and O–H groups in total. The van der Waals surface area contributed by atoms with Gasteiger partial charge in [0, 0.05) is 42.0 Å². The highest BCUT2D eigenvalue weighted by molar-refractivity contribution is 6.29. The molecule has 0 fully saturated rings. The van der Waals surface area contributed by atoms with Crippen LogP contribution in [0.3, 0.4) is 0 Å². The molecule has 21 heavy (non-hydrogen) atoms. The Morgan fingerprint density at radius 3 is 2.76 bits per heavy atom. The number of H-pyrrole nitrogens is 1. The molecule has 2 rings (SSSR count). The maximum atomic E-state index is 12.2. The van der Waals surface area contributed by atoms with Crippen LogP contribution in [0, 0.1) is 0 Å². The second-order valence-corrected chi connectivity index (χ2v) is 6.24. The van der Waals surface area contributed by atoms with E-state index in [4.69, 9.17) is 11.6 Å². The molecule has 0 spiro atoms. The van der Waals surface area contributed by atoms with E-state index in [1.54, 1.807) is 24.5 Å². The minimum Gasteiger partial charge on any atom is -0.352 e. The quantitative estimate of drug-likeness (QED) is 0.853. The first kappa shape index (κ1) is 15.5. The number of halogens is 1. The van der Waals surface area contributed by atoms with Crippen LogP contribution in [-0.2, 0) is 11.8 Å². The molecule has 0 aromatic carbocycles. The molecule has 0 saturated heterocycles. The Labute approximate surface area is 129 Å². The van der Waals surface area contributed by atoms with Crippen LogP contribution >= 0.6 is 11.6 Å². The number of pyridine rings is 1. The first-order valence-electron chi connectivity index (χ1n) is 6.81. The van der Waals surface area contributed by atoms with Gasteiger partial charge in [-0.1, -0.05) is 32.4 Å². The summed E-state index contributed by atoms with van der Waals surface area (Å²) >= 11 is 6.01. The van der Waals surface area contributed by atoms with Crippen LogP contribution in [0.15, 0.2) is 24.5 Å². The third kappa shape index (κ3) is 4.29. The molecule has 0 aliphatic rings. The number of carbonyl (C=O) groups excluding carboxylic acids is 1. The second kappa shape index (κ2) is 6.26. The Hall–Kier alpha value is -1.88. The lowest BCUT2D eigenvalue weighted by atomic mass is 9.91. The fourth-order valence-electron chi connectivity index (χ4n) is 1.84. The summed E-state index contributed by atoms with van der Waals surface area (Å²) in [4.78, 5) is 23.6. The van der Waals surface area contributed by atoms with Crippen molar-refractivity contribution in [2.24, 2.45) is 0 Å². The predicted octanol–water partition coefficient (Wildman–Crippen LogP) is 2.73. The van der Waals surface area contributed by atoms with Gasteiger partial charge in [-0.2, -0.15) is 0 Å². The molecule has 6 heteroatoms. The summed E-state index contributed by atoms with van der Waals surface area (Å²) in [5.74, 6) is 0.690. The number of aromatic amines is 1. The van der Waals surface area contributed by atoms with Gasteiger partial charge in [-0.3, -0.25) is 4.79 Å². The number of amides is 1. The summed E-state index contributed by atoms with van der Waals surface area (Å²) in [5, 5.41) is 3.19. The highest BCUT2D eigenvalue weighted by Gasteiger charge is 2.18. The molecular weight excluding hydrogens is 288 g/mol. The van der Waals surface area contributed by atoms with E-state index in [9.17, 15) is 4.79 Å². The fraction of sp³-hybridized carbons (Fsp3) is 0.400. The number of aromatic nitrogens is 3. The summed E-state index contributed by atoms with van der Waals surface area (Å²) in [6, 6.07) is 3.37. The van der Waals surface area contributed by atoms with Gasteiger partial charge in [-0.25, -0.2) is 9.97 Å². The minimum atomic E-state index is -0.159. The fourth-order valence-corrected chi connectivity index (χ4v) is 2.05. The Morgan fingerprint density at radius 2 is 2.14 bits per heavy atom. The van der Waals surface area contributed by atoms with E-state index in [2.05, 4.69) is 20.3 Å². The average molecular weight is 307 g/mol. The van der Waals surface area contributed by atoms with Gasteiger partial charge < -0.3 is 10.3 Å². The first-order chi connectivity index (χ1) is 9.86. The van der Waals surface area contributed by atoms with Crippen molar-refractivity contribution in [2.75, 3.05) is 6.54 Å². The van der Waals surface area contributed by atoms with Crippen molar-refractivity contribution < 1.29 is 4.79 Å². The normalized spacial score (nSPS) is 11.4. The lowest BCUT2D eigenvalue weighted by molar-refractivity contribution is 0.0953. The molecule has 0 bridgehead atoms. The van der Waals surface area contributed by atoms with Crippen LogP contribution in [0.4, 0.5) is 0 Å². The number of hydrogen-bond acceptors (Lipinski definition) is 3. The smallest absolute Gasteiger partial charge is 0.251 e. The summed E-state index contributed by atoms with van der Waals surface area (Å²) < 4.78 is 0. The van der Waals surface area contributed by atoms with Crippen molar-refractivity contribution in [3.63, 3.8) is 0 Å². The van der Waals surface area contributed by atoms with Gasteiger partial charge in [0.2, 0.25) is 0 Å². The minimum absolute atomic E-state index is 0.156. The molecule has 0 saturated carbocycles. The molecular formula is C15H19ClN4O. The monoisotopic (exact) mass is 306 g/mol. The number of rotatable bonds is 4. The van der Waals surface area contributed by atoms with Crippen molar-refractivity contribution in [1.82, 2.24) is 20.3 Å². The second-order valence-electron chi connectivity index (χ2n) is 5.86. The summed E-state index contributed by atoms with van der Waals surface area (Å²) in [7, 11) is 0. The molecule has 0 atom stereocenters. The SMILES string of the molecule is CC(C)(C)c1cc(C(=O)NCCc2ncc[nH]2)cc(Cl)n1. The van der Waals surface area contributed by atoms with Crippen molar-refractivity contribution in [2.45, 2.75) is 32.6 Å². The van der Waals surface area contributed by atoms with Gasteiger partial charge in [0.05, 0.1) is 0 Å². The lowest BCUT2D eigenvalue weighted by Gasteiger charge is -2.18. The third-order valence-electron chi connectivity index (χ3n) is 3.03. The molecule has 0 aliphatic carbocycles. The maximum Gasteiger partial charge on any atom is 0.251 e. The zero-order chi connectivity index (χ0) is 15.5. The highest BCUT2D eigenvalue weighted by Crippen LogP contribution is 2.23. The number of nitrogens with one attached hydrogen (secondary N) is 2. The van der Waals surface area contributed by atoms with Crippen molar-refractivity contribution in [3.05, 3.63) is 46.8 Å². The zero-order valence-corrected chi connectivity index (χ0v) is 13.2. The van der Waals surface area contributed by atoms with Crippen LogP contribution in [-0.4, -0.2) is 27.4 Å². The number of imidazole rings is 1. The third-order valence-corrected chi connectivity index (χ3v) is 3.22. The largest absolute Gasteiger partial charge is 0.352 e. The van der Waals surface area contributed by atoms with Crippen molar-refractivity contribution in [1.29, 1.82) is 0 Å². The summed E-state index contributed by atoms with van der Waals surface area (Å²) in [6.07, 6.45) is 4.11. The molecule has 2 aromatic heterocycles. The zero-order valence-electron chi connectivity index (χ0n) is 12.4. The number of hydrogen-bond donors (Lipinski definition) is 2. The molecule has 2 heterocycles. The summed E-state index contributed by atoms with van der Waals surface area (Å²) in [5.41, 5.74) is 1.17. The van der Waals surface area contributed by atoms with E-state index in [1.807, 2.05) is 20.8 Å². The Balaban J connectivity index is 2.03. The molecule has 0 radical (unpaired) electrons. The topological polar surface area (TPSA) is 70.7 Å². The van der Waals surface area contributed by atoms with Crippen LogP contribution in [0.25, 0.3) is 0 Å². The molecule has 5 nitrogen and oxygen atoms in total. The molecule has 0 aliphatic heterocycles. The van der Waals surface area contributed by atoms with Gasteiger partial charge in [0.1, 0.15) is 11.0 Å². The summed E-state index contributed by atoms with van der Waals surface area (Å²) in [6.45, 7) is 6.61. The van der Waals surface area contributed by atoms with Crippen LogP contribution in [0.5, 0.6) is 0 Å². The molecule has 1 amide bonds. The Morgan fingerprint density at radius 1 is 1.38 bits per heavy atom. The van der Waals surface area contributed by atoms with Crippen molar-refractivity contribution >= 4 is 17.5 Å². The van der Waals surface area contributed by atoms with E-state index < -0.39 is 0 Å². The van der Waals surface area contributed by atoms with Gasteiger partial charge in [-0.05, 0) is 12.1 Å². The standard InChI is InChI=1S/C15H19ClN4O/c1-15(2,3)11-8-10(9-12(16)20-11)14(21)19-5-4-13-17-6-7-18-13/h6-9H,4-5H2,1-3H3,(H,17,18)(H,19,21). The maximum absolute atomic E-state index is 12.2. The van der Waals surface area contributed by atoms with Gasteiger partial charge in [0.25, 0.3) is 5.91 Å². The van der Waals surface area contributed by atoms with Gasteiger partial charge in [0.15, 0.2) is 0 Å². The lowest BCUT2D eigenvalue weighted by Crippen LogP contribution is -2.26. The van der Waals surface area contributed by atoms with Crippen molar-refractivity contribution in [3.8, 4) is 0 Å². The number of carbonyl (C=O) groups is 1. The Bertz CT molecular complexity index is 617. The highest BCUT2D eigenvalue weighted by atomic mass is 35.5. The van der Waals surface area contributed by atoms with Gasteiger partial charge in [-0.15, -0.1) is 0 Å². The predicted molar refractivity (Wildman–Crippen MR) is 82.6 cm³/mol. The van der Waals surface area contributed by atoms with Crippen LogP contribution in [0.1, 0.15) is 42.6 Å².